The van der Waals surface area contributed by atoms with Gasteiger partial charge in [-0.25, -0.2) is 8.42 Å². The number of hydrogen-bond acceptors (Lipinski definition) is 4. The van der Waals surface area contributed by atoms with Gasteiger partial charge in [-0.05, 0) is 47.3 Å². The summed E-state index contributed by atoms with van der Waals surface area (Å²) in [6, 6.07) is 18.0. The number of sulfonamides is 1. The van der Waals surface area contributed by atoms with E-state index in [0.29, 0.717) is 21.5 Å². The van der Waals surface area contributed by atoms with Crippen LogP contribution in [-0.2, 0) is 16.6 Å². The third-order valence-electron chi connectivity index (χ3n) is 3.34. The van der Waals surface area contributed by atoms with Crippen LogP contribution in [-0.4, -0.2) is 8.42 Å². The van der Waals surface area contributed by atoms with Crippen molar-refractivity contribution in [2.75, 3.05) is 10.0 Å². The van der Waals surface area contributed by atoms with Gasteiger partial charge in [0, 0.05) is 22.9 Å². The summed E-state index contributed by atoms with van der Waals surface area (Å²) in [6.45, 7) is 0.597. The van der Waals surface area contributed by atoms with Gasteiger partial charge in [0.15, 0.2) is 0 Å². The first-order valence-electron chi connectivity index (χ1n) is 7.18. The second kappa shape index (κ2) is 7.25. The van der Waals surface area contributed by atoms with Crippen LogP contribution in [0.3, 0.4) is 0 Å². The zero-order valence-electron chi connectivity index (χ0n) is 12.6. The highest BCUT2D eigenvalue weighted by atomic mass is 35.5. The molecule has 124 valence electrons. The minimum atomic E-state index is -3.51. The molecule has 0 fully saturated rings. The summed E-state index contributed by atoms with van der Waals surface area (Å²) in [5.74, 6) is 0. The van der Waals surface area contributed by atoms with Crippen molar-refractivity contribution in [2.24, 2.45) is 0 Å². The molecule has 0 radical (unpaired) electrons. The number of thiophene rings is 1. The first kappa shape index (κ1) is 16.8. The van der Waals surface area contributed by atoms with Crippen LogP contribution in [0.2, 0.25) is 5.02 Å². The van der Waals surface area contributed by atoms with Crippen molar-refractivity contribution in [2.45, 2.75) is 10.8 Å². The van der Waals surface area contributed by atoms with Gasteiger partial charge in [-0.3, -0.25) is 4.72 Å². The van der Waals surface area contributed by atoms with Crippen LogP contribution in [0.4, 0.5) is 11.4 Å². The Labute approximate surface area is 150 Å². The highest BCUT2D eigenvalue weighted by Crippen LogP contribution is 2.22. The molecule has 0 saturated heterocycles. The molecular formula is C17H15ClN2O2S2. The molecule has 0 saturated carbocycles. The van der Waals surface area contributed by atoms with E-state index in [1.807, 2.05) is 36.4 Å². The molecule has 0 aliphatic heterocycles. The maximum Gasteiger partial charge on any atom is 0.271 e. The number of benzene rings is 2. The fourth-order valence-corrected chi connectivity index (χ4v) is 4.37. The molecule has 7 heteroatoms. The Balaban J connectivity index is 1.65. The van der Waals surface area contributed by atoms with E-state index >= 15 is 0 Å². The molecule has 0 amide bonds. The van der Waals surface area contributed by atoms with Crippen molar-refractivity contribution in [3.8, 4) is 0 Å². The molecule has 0 bridgehead atoms. The lowest BCUT2D eigenvalue weighted by molar-refractivity contribution is 0.603. The predicted octanol–water partition coefficient (Wildman–Crippen LogP) is 4.81. The van der Waals surface area contributed by atoms with Gasteiger partial charge in [-0.2, -0.15) is 0 Å². The van der Waals surface area contributed by atoms with Gasteiger partial charge in [0.1, 0.15) is 4.21 Å². The number of hydrogen-bond donors (Lipinski definition) is 2. The van der Waals surface area contributed by atoms with Crippen molar-refractivity contribution in [3.05, 3.63) is 76.6 Å². The minimum Gasteiger partial charge on any atom is -0.381 e. The third-order valence-corrected chi connectivity index (χ3v) is 6.49. The zero-order chi connectivity index (χ0) is 17.0. The average Bonchev–Trinajstić information content (AvgIpc) is 3.11. The summed E-state index contributed by atoms with van der Waals surface area (Å²) in [7, 11) is -3.51. The van der Waals surface area contributed by atoms with Gasteiger partial charge in [-0.1, -0.05) is 35.9 Å². The Morgan fingerprint density at radius 3 is 2.29 bits per heavy atom. The highest BCUT2D eigenvalue weighted by Gasteiger charge is 2.14. The summed E-state index contributed by atoms with van der Waals surface area (Å²) in [4.78, 5) is 0. The molecule has 0 unspecified atom stereocenters. The molecule has 0 atom stereocenters. The van der Waals surface area contributed by atoms with E-state index in [1.54, 1.807) is 29.6 Å². The van der Waals surface area contributed by atoms with E-state index in [-0.39, 0.29) is 0 Å². The predicted molar refractivity (Wildman–Crippen MR) is 100 cm³/mol. The number of anilines is 2. The van der Waals surface area contributed by atoms with Gasteiger partial charge >= 0.3 is 0 Å². The van der Waals surface area contributed by atoms with E-state index in [9.17, 15) is 8.42 Å². The quantitative estimate of drug-likeness (QED) is 0.646. The third kappa shape index (κ3) is 4.08. The standard InChI is InChI=1S/C17H15ClN2O2S2/c18-16-5-2-1-4-13(16)12-19-14-7-9-15(10-8-14)20-24(21,22)17-6-3-11-23-17/h1-11,19-20H,12H2. The van der Waals surface area contributed by atoms with Crippen molar-refractivity contribution in [1.82, 2.24) is 0 Å². The Bertz CT molecular complexity index is 908. The second-order valence-electron chi connectivity index (χ2n) is 5.06. The molecule has 2 aromatic carbocycles. The number of halogens is 1. The smallest absolute Gasteiger partial charge is 0.271 e. The van der Waals surface area contributed by atoms with Crippen molar-refractivity contribution in [1.29, 1.82) is 0 Å². The van der Waals surface area contributed by atoms with Crippen LogP contribution in [0.25, 0.3) is 0 Å². The van der Waals surface area contributed by atoms with Crippen molar-refractivity contribution in [3.63, 3.8) is 0 Å². The van der Waals surface area contributed by atoms with Gasteiger partial charge in [0.05, 0.1) is 0 Å². The molecule has 1 heterocycles. The molecule has 0 spiro atoms. The van der Waals surface area contributed by atoms with E-state index in [0.717, 1.165) is 11.3 Å². The summed E-state index contributed by atoms with van der Waals surface area (Å²) in [6.07, 6.45) is 0. The molecule has 2 N–H and O–H groups in total. The zero-order valence-corrected chi connectivity index (χ0v) is 15.0. The lowest BCUT2D eigenvalue weighted by Gasteiger charge is -2.10. The minimum absolute atomic E-state index is 0.295. The van der Waals surface area contributed by atoms with Crippen LogP contribution in [0.15, 0.2) is 70.3 Å². The molecule has 0 aliphatic rings. The lowest BCUT2D eigenvalue weighted by atomic mass is 10.2. The van der Waals surface area contributed by atoms with Crippen molar-refractivity contribution < 1.29 is 8.42 Å². The van der Waals surface area contributed by atoms with Crippen LogP contribution in [0, 0.1) is 0 Å². The first-order chi connectivity index (χ1) is 11.5. The molecule has 1 aromatic heterocycles. The Kier molecular flexibility index (Phi) is 5.08. The molecule has 4 nitrogen and oxygen atoms in total. The summed E-state index contributed by atoms with van der Waals surface area (Å²) >= 11 is 7.31. The van der Waals surface area contributed by atoms with Crippen LogP contribution >= 0.6 is 22.9 Å². The summed E-state index contributed by atoms with van der Waals surface area (Å²) in [5.41, 5.74) is 2.40. The normalized spacial score (nSPS) is 11.2. The van der Waals surface area contributed by atoms with E-state index in [1.165, 1.54) is 11.3 Å². The molecule has 0 aliphatic carbocycles. The fraction of sp³-hybridized carbons (Fsp3) is 0.0588. The van der Waals surface area contributed by atoms with Gasteiger partial charge in [0.25, 0.3) is 10.0 Å². The highest BCUT2D eigenvalue weighted by molar-refractivity contribution is 7.94. The largest absolute Gasteiger partial charge is 0.381 e. The fourth-order valence-electron chi connectivity index (χ4n) is 2.12. The molecule has 3 rings (SSSR count). The Morgan fingerprint density at radius 1 is 0.917 bits per heavy atom. The maximum atomic E-state index is 12.2. The Hall–Kier alpha value is -2.02. The maximum absolute atomic E-state index is 12.2. The molecular weight excluding hydrogens is 364 g/mol. The monoisotopic (exact) mass is 378 g/mol. The lowest BCUT2D eigenvalue weighted by Crippen LogP contribution is -2.11. The van der Waals surface area contributed by atoms with Gasteiger partial charge in [-0.15, -0.1) is 11.3 Å². The van der Waals surface area contributed by atoms with E-state index in [2.05, 4.69) is 10.0 Å². The SMILES string of the molecule is O=S(=O)(Nc1ccc(NCc2ccccc2Cl)cc1)c1cccs1. The topological polar surface area (TPSA) is 58.2 Å². The van der Waals surface area contributed by atoms with E-state index in [4.69, 9.17) is 11.6 Å². The van der Waals surface area contributed by atoms with Gasteiger partial charge < -0.3 is 5.32 Å². The molecule has 3 aromatic rings. The summed E-state index contributed by atoms with van der Waals surface area (Å²) in [5, 5.41) is 5.71. The summed E-state index contributed by atoms with van der Waals surface area (Å²) < 4.78 is 27.2. The average molecular weight is 379 g/mol. The number of rotatable bonds is 6. The van der Waals surface area contributed by atoms with Gasteiger partial charge in [0.2, 0.25) is 0 Å². The second-order valence-corrected chi connectivity index (χ2v) is 8.32. The molecule has 24 heavy (non-hydrogen) atoms. The number of nitrogens with one attached hydrogen (secondary N) is 2. The van der Waals surface area contributed by atoms with Crippen LogP contribution in [0.1, 0.15) is 5.56 Å². The van der Waals surface area contributed by atoms with Crippen molar-refractivity contribution >= 4 is 44.3 Å². The Morgan fingerprint density at radius 2 is 1.62 bits per heavy atom. The first-order valence-corrected chi connectivity index (χ1v) is 9.92. The van der Waals surface area contributed by atoms with Crippen LogP contribution < -0.4 is 10.0 Å². The van der Waals surface area contributed by atoms with Crippen LogP contribution in [0.5, 0.6) is 0 Å². The van der Waals surface area contributed by atoms with E-state index < -0.39 is 10.0 Å².